The molecule has 0 aromatic carbocycles. The van der Waals surface area contributed by atoms with E-state index in [2.05, 4.69) is 26.3 Å². The summed E-state index contributed by atoms with van der Waals surface area (Å²) in [7, 11) is 1.67. The van der Waals surface area contributed by atoms with Crippen molar-refractivity contribution in [2.24, 2.45) is 4.99 Å². The maximum absolute atomic E-state index is 11.7. The Hall–Kier alpha value is -1.26. The molecule has 0 aliphatic carbocycles. The van der Waals surface area contributed by atoms with E-state index in [4.69, 9.17) is 4.74 Å². The lowest BCUT2D eigenvalue weighted by molar-refractivity contribution is -0.121. The molecule has 8 nitrogen and oxygen atoms in total. The molecule has 154 valence electrons. The smallest absolute Gasteiger partial charge is 0.407 e. The van der Waals surface area contributed by atoms with Gasteiger partial charge in [0, 0.05) is 39.1 Å². The van der Waals surface area contributed by atoms with Crippen LogP contribution in [-0.4, -0.2) is 56.3 Å². The zero-order valence-corrected chi connectivity index (χ0v) is 19.2. The number of aliphatic imine (C=N–C) groups is 1. The topological polar surface area (TPSA) is 104 Å². The first-order chi connectivity index (χ1) is 11.7. The number of carbonyl (C=O) groups is 2. The van der Waals surface area contributed by atoms with Gasteiger partial charge in [-0.3, -0.25) is 9.79 Å². The highest BCUT2D eigenvalue weighted by Gasteiger charge is 2.15. The largest absolute Gasteiger partial charge is 0.444 e. The van der Waals surface area contributed by atoms with E-state index in [1.807, 2.05) is 34.6 Å². The summed E-state index contributed by atoms with van der Waals surface area (Å²) in [6.07, 6.45) is 1.63. The normalized spacial score (nSPS) is 12.5. The Morgan fingerprint density at radius 1 is 1.08 bits per heavy atom. The number of hydrogen-bond donors (Lipinski definition) is 4. The van der Waals surface area contributed by atoms with Gasteiger partial charge in [0.1, 0.15) is 5.60 Å². The lowest BCUT2D eigenvalue weighted by atomic mass is 10.2. The summed E-state index contributed by atoms with van der Waals surface area (Å²) in [5.74, 6) is 0.660. The summed E-state index contributed by atoms with van der Waals surface area (Å²) >= 11 is 0. The van der Waals surface area contributed by atoms with Crippen molar-refractivity contribution in [1.82, 2.24) is 21.3 Å². The molecule has 0 aliphatic rings. The average molecular weight is 485 g/mol. The van der Waals surface area contributed by atoms with E-state index in [-0.39, 0.29) is 35.9 Å². The molecule has 0 saturated carbocycles. The Bertz CT molecular complexity index is 439. The maximum Gasteiger partial charge on any atom is 0.407 e. The molecule has 26 heavy (non-hydrogen) atoms. The zero-order chi connectivity index (χ0) is 19.3. The second kappa shape index (κ2) is 14.9. The number of guanidine groups is 1. The molecule has 0 radical (unpaired) electrons. The first-order valence-electron chi connectivity index (χ1n) is 8.88. The van der Waals surface area contributed by atoms with Gasteiger partial charge >= 0.3 is 6.09 Å². The first kappa shape index (κ1) is 27.0. The molecule has 2 amide bonds. The molecule has 1 atom stereocenters. The van der Waals surface area contributed by atoms with Gasteiger partial charge in [-0.15, -0.1) is 24.0 Å². The minimum absolute atomic E-state index is 0. The van der Waals surface area contributed by atoms with Gasteiger partial charge in [0.05, 0.1) is 0 Å². The summed E-state index contributed by atoms with van der Waals surface area (Å²) in [6.45, 7) is 11.2. The van der Waals surface area contributed by atoms with Crippen LogP contribution in [0.4, 0.5) is 4.79 Å². The number of ether oxygens (including phenoxy) is 1. The summed E-state index contributed by atoms with van der Waals surface area (Å²) in [5.41, 5.74) is -0.491. The van der Waals surface area contributed by atoms with Crippen molar-refractivity contribution in [3.63, 3.8) is 0 Å². The number of rotatable bonds is 9. The van der Waals surface area contributed by atoms with Gasteiger partial charge in [0.15, 0.2) is 5.96 Å². The molecule has 0 aromatic heterocycles. The van der Waals surface area contributed by atoms with E-state index in [0.717, 1.165) is 12.8 Å². The van der Waals surface area contributed by atoms with Gasteiger partial charge in [-0.1, -0.05) is 6.92 Å². The van der Waals surface area contributed by atoms with Crippen LogP contribution in [0.15, 0.2) is 4.99 Å². The summed E-state index contributed by atoms with van der Waals surface area (Å²) < 4.78 is 5.15. The number of nitrogens with one attached hydrogen (secondary N) is 4. The van der Waals surface area contributed by atoms with Gasteiger partial charge in [-0.05, 0) is 40.5 Å². The molecule has 0 aromatic rings. The van der Waals surface area contributed by atoms with Crippen molar-refractivity contribution in [2.75, 3.05) is 26.7 Å². The van der Waals surface area contributed by atoms with Crippen molar-refractivity contribution in [3.8, 4) is 0 Å². The van der Waals surface area contributed by atoms with Crippen molar-refractivity contribution >= 4 is 41.9 Å². The molecule has 9 heteroatoms. The van der Waals surface area contributed by atoms with Gasteiger partial charge in [-0.25, -0.2) is 4.79 Å². The predicted molar refractivity (Wildman–Crippen MR) is 116 cm³/mol. The van der Waals surface area contributed by atoms with Crippen LogP contribution in [0.3, 0.4) is 0 Å². The van der Waals surface area contributed by atoms with E-state index in [1.54, 1.807) is 7.05 Å². The lowest BCUT2D eigenvalue weighted by Gasteiger charge is -2.19. The minimum atomic E-state index is -0.491. The third kappa shape index (κ3) is 16.2. The highest BCUT2D eigenvalue weighted by atomic mass is 127. The first-order valence-corrected chi connectivity index (χ1v) is 8.88. The highest BCUT2D eigenvalue weighted by Crippen LogP contribution is 2.06. The number of halogens is 1. The fourth-order valence-electron chi connectivity index (χ4n) is 1.76. The van der Waals surface area contributed by atoms with Crippen LogP contribution in [0, 0.1) is 0 Å². The van der Waals surface area contributed by atoms with Crippen molar-refractivity contribution in [2.45, 2.75) is 65.5 Å². The predicted octanol–water partition coefficient (Wildman–Crippen LogP) is 1.99. The SMILES string of the molecule is CCC(C)NC(=O)CCNC(=NC)NCCCNC(=O)OC(C)(C)C.I. The van der Waals surface area contributed by atoms with Crippen LogP contribution < -0.4 is 21.3 Å². The van der Waals surface area contributed by atoms with E-state index in [0.29, 0.717) is 32.0 Å². The Labute approximate surface area is 174 Å². The maximum atomic E-state index is 11.7. The molecule has 0 bridgehead atoms. The molecular weight excluding hydrogens is 449 g/mol. The van der Waals surface area contributed by atoms with Crippen molar-refractivity contribution in [3.05, 3.63) is 0 Å². The number of hydrogen-bond acceptors (Lipinski definition) is 4. The quantitative estimate of drug-likeness (QED) is 0.173. The van der Waals surface area contributed by atoms with E-state index < -0.39 is 11.7 Å². The second-order valence-electron chi connectivity index (χ2n) is 6.83. The molecule has 0 heterocycles. The Balaban J connectivity index is 0. The molecular formula is C17H36IN5O3. The van der Waals surface area contributed by atoms with Crippen LogP contribution in [-0.2, 0) is 9.53 Å². The van der Waals surface area contributed by atoms with E-state index >= 15 is 0 Å². The van der Waals surface area contributed by atoms with Crippen LogP contribution >= 0.6 is 24.0 Å². The molecule has 0 fully saturated rings. The van der Waals surface area contributed by atoms with E-state index in [9.17, 15) is 9.59 Å². The van der Waals surface area contributed by atoms with Crippen LogP contribution in [0.2, 0.25) is 0 Å². The fraction of sp³-hybridized carbons (Fsp3) is 0.824. The van der Waals surface area contributed by atoms with E-state index in [1.165, 1.54) is 0 Å². The van der Waals surface area contributed by atoms with Gasteiger partial charge < -0.3 is 26.0 Å². The number of amides is 2. The van der Waals surface area contributed by atoms with Crippen molar-refractivity contribution in [1.29, 1.82) is 0 Å². The van der Waals surface area contributed by atoms with Crippen LogP contribution in [0.1, 0.15) is 53.9 Å². The fourth-order valence-corrected chi connectivity index (χ4v) is 1.76. The second-order valence-corrected chi connectivity index (χ2v) is 6.83. The Kier molecular flexibility index (Phi) is 15.4. The van der Waals surface area contributed by atoms with Gasteiger partial charge in [0.2, 0.25) is 5.91 Å². The van der Waals surface area contributed by atoms with Crippen LogP contribution in [0.5, 0.6) is 0 Å². The number of nitrogens with zero attached hydrogens (tertiary/aromatic N) is 1. The average Bonchev–Trinajstić information content (AvgIpc) is 2.50. The lowest BCUT2D eigenvalue weighted by Crippen LogP contribution is -2.41. The Morgan fingerprint density at radius 3 is 2.19 bits per heavy atom. The summed E-state index contributed by atoms with van der Waals surface area (Å²) in [6, 6.07) is 0.197. The molecule has 1 unspecified atom stereocenters. The molecule has 4 N–H and O–H groups in total. The third-order valence-electron chi connectivity index (χ3n) is 3.20. The number of alkyl carbamates (subject to hydrolysis) is 1. The minimum Gasteiger partial charge on any atom is -0.444 e. The monoisotopic (exact) mass is 485 g/mol. The van der Waals surface area contributed by atoms with Crippen LogP contribution in [0.25, 0.3) is 0 Å². The zero-order valence-electron chi connectivity index (χ0n) is 16.9. The molecule has 0 saturated heterocycles. The van der Waals surface area contributed by atoms with Crippen molar-refractivity contribution < 1.29 is 14.3 Å². The summed E-state index contributed by atoms with van der Waals surface area (Å²) in [5, 5.41) is 11.8. The Morgan fingerprint density at radius 2 is 1.65 bits per heavy atom. The molecule has 0 spiro atoms. The standard InChI is InChI=1S/C17H35N5O3.HI/c1-7-13(2)22-14(23)9-12-20-15(18-6)19-10-8-11-21-16(24)25-17(3,4)5;/h13H,7-12H2,1-6H3,(H,21,24)(H,22,23)(H2,18,19,20);1H. The van der Waals surface area contributed by atoms with Gasteiger partial charge in [-0.2, -0.15) is 0 Å². The molecule has 0 aliphatic heterocycles. The summed E-state index contributed by atoms with van der Waals surface area (Å²) in [4.78, 5) is 27.3. The number of carbonyl (C=O) groups excluding carboxylic acids is 2. The molecule has 0 rings (SSSR count). The van der Waals surface area contributed by atoms with Gasteiger partial charge in [0.25, 0.3) is 0 Å². The highest BCUT2D eigenvalue weighted by molar-refractivity contribution is 14.0. The third-order valence-corrected chi connectivity index (χ3v) is 3.20.